The zero-order valence-corrected chi connectivity index (χ0v) is 24.2. The summed E-state index contributed by atoms with van der Waals surface area (Å²) in [5, 5.41) is 8.68. The van der Waals surface area contributed by atoms with Crippen molar-refractivity contribution in [2.24, 2.45) is 5.92 Å². The third kappa shape index (κ3) is 7.87. The largest absolute Gasteiger partial charge is 0.444 e. The van der Waals surface area contributed by atoms with Crippen LogP contribution in [0.15, 0.2) is 42.5 Å². The Labute approximate surface area is 242 Å². The van der Waals surface area contributed by atoms with Gasteiger partial charge in [-0.3, -0.25) is 9.69 Å². The molecule has 2 aromatic carbocycles. The first-order valence-electron chi connectivity index (χ1n) is 13.7. The molecule has 0 unspecified atom stereocenters. The minimum absolute atomic E-state index is 0.0197. The number of hydrogen-bond donors (Lipinski definition) is 2. The second-order valence-electron chi connectivity index (χ2n) is 11.8. The molecule has 4 rings (SSSR count). The molecule has 2 N–H and O–H groups in total. The van der Waals surface area contributed by atoms with Gasteiger partial charge in [0.1, 0.15) is 17.1 Å². The molecule has 8 nitrogen and oxygen atoms in total. The Bertz CT molecular complexity index is 1460. The van der Waals surface area contributed by atoms with Crippen LogP contribution < -0.4 is 10.6 Å². The van der Waals surface area contributed by atoms with E-state index in [1.54, 1.807) is 39.0 Å². The predicted octanol–water partition coefficient (Wildman–Crippen LogP) is 6.32. The Hall–Kier alpha value is -3.93. The normalized spacial score (nSPS) is 14.0. The molecule has 0 aliphatic carbocycles. The summed E-state index contributed by atoms with van der Waals surface area (Å²) in [5.41, 5.74) is -0.169. The first kappa shape index (κ1) is 31.0. The summed E-state index contributed by atoms with van der Waals surface area (Å²) in [6, 6.07) is 9.72. The molecule has 42 heavy (non-hydrogen) atoms. The summed E-state index contributed by atoms with van der Waals surface area (Å²) in [7, 11) is 0. The van der Waals surface area contributed by atoms with Crippen LogP contribution in [-0.2, 0) is 30.4 Å². The highest BCUT2D eigenvalue weighted by Crippen LogP contribution is 2.31. The maximum Gasteiger partial charge on any atom is 0.435 e. The van der Waals surface area contributed by atoms with Crippen LogP contribution in [0.1, 0.15) is 67.5 Å². The highest BCUT2D eigenvalue weighted by Gasteiger charge is 2.36. The van der Waals surface area contributed by atoms with Crippen LogP contribution in [0.5, 0.6) is 0 Å². The molecule has 0 saturated carbocycles. The molecule has 2 heterocycles. The Morgan fingerprint density at radius 1 is 1.07 bits per heavy atom. The number of ether oxygens (including phenoxy) is 1. The van der Waals surface area contributed by atoms with E-state index in [1.807, 2.05) is 0 Å². The van der Waals surface area contributed by atoms with Crippen molar-refractivity contribution in [1.82, 2.24) is 20.0 Å². The first-order chi connectivity index (χ1) is 19.6. The van der Waals surface area contributed by atoms with Crippen molar-refractivity contribution < 1.29 is 31.9 Å². The Balaban J connectivity index is 1.60. The molecule has 0 radical (unpaired) electrons. The minimum Gasteiger partial charge on any atom is -0.444 e. The number of fused-ring (bicyclic) bond motifs is 1. The second kappa shape index (κ2) is 12.1. The van der Waals surface area contributed by atoms with Gasteiger partial charge in [-0.1, -0.05) is 26.0 Å². The molecule has 0 spiro atoms. The monoisotopic (exact) mass is 589 g/mol. The third-order valence-electron chi connectivity index (χ3n) is 6.48. The van der Waals surface area contributed by atoms with Crippen LogP contribution in [0.25, 0.3) is 5.69 Å². The van der Waals surface area contributed by atoms with Crippen molar-refractivity contribution in [1.29, 1.82) is 0 Å². The number of amides is 2. The molecule has 0 bridgehead atoms. The number of rotatable bonds is 7. The van der Waals surface area contributed by atoms with Crippen LogP contribution in [-0.4, -0.2) is 45.4 Å². The number of anilines is 1. The lowest BCUT2D eigenvalue weighted by molar-refractivity contribution is -0.141. The number of alkyl halides is 3. The van der Waals surface area contributed by atoms with Gasteiger partial charge in [-0.05, 0) is 74.1 Å². The van der Waals surface area contributed by atoms with E-state index < -0.39 is 41.0 Å². The molecule has 0 atom stereocenters. The number of nitrogens with one attached hydrogen (secondary N) is 2. The zero-order chi connectivity index (χ0) is 30.8. The third-order valence-corrected chi connectivity index (χ3v) is 6.48. The second-order valence-corrected chi connectivity index (χ2v) is 11.8. The van der Waals surface area contributed by atoms with Crippen molar-refractivity contribution in [3.05, 3.63) is 76.4 Å². The van der Waals surface area contributed by atoms with Gasteiger partial charge in [-0.2, -0.15) is 18.3 Å². The first-order valence-corrected chi connectivity index (χ1v) is 13.7. The van der Waals surface area contributed by atoms with E-state index in [9.17, 15) is 22.8 Å². The van der Waals surface area contributed by atoms with Crippen molar-refractivity contribution in [2.45, 2.75) is 65.9 Å². The summed E-state index contributed by atoms with van der Waals surface area (Å²) < 4.78 is 62.0. The SMILES string of the molecule is CC(C)CN1CCc2cc(F)c(NC(=O)c3cc(C(F)(F)F)nn3-c3cccc(CNC(=O)OC(C)(C)C)c3)cc2C1. The Kier molecular flexibility index (Phi) is 8.95. The predicted molar refractivity (Wildman–Crippen MR) is 150 cm³/mol. The lowest BCUT2D eigenvalue weighted by atomic mass is 9.98. The number of halogens is 4. The van der Waals surface area contributed by atoms with E-state index in [1.165, 1.54) is 18.2 Å². The highest BCUT2D eigenvalue weighted by atomic mass is 19.4. The molecular formula is C30H35F4N5O3. The Morgan fingerprint density at radius 2 is 1.81 bits per heavy atom. The van der Waals surface area contributed by atoms with Gasteiger partial charge in [-0.15, -0.1) is 0 Å². The zero-order valence-electron chi connectivity index (χ0n) is 24.2. The van der Waals surface area contributed by atoms with E-state index in [0.29, 0.717) is 30.5 Å². The standard InChI is InChI=1S/C30H35F4N5O3/c1-18(2)16-38-10-9-20-12-23(31)24(13-21(20)17-38)36-27(40)25-14-26(30(32,33)34)37-39(25)22-8-6-7-19(11-22)15-35-28(41)42-29(3,4)5/h6-8,11-14,18H,9-10,15-17H2,1-5H3,(H,35,41)(H,36,40). The molecular weight excluding hydrogens is 554 g/mol. The van der Waals surface area contributed by atoms with Crippen LogP contribution in [0.3, 0.4) is 0 Å². The van der Waals surface area contributed by atoms with Crippen LogP contribution in [0.4, 0.5) is 28.0 Å². The van der Waals surface area contributed by atoms with E-state index in [0.717, 1.165) is 28.9 Å². The molecule has 12 heteroatoms. The van der Waals surface area contributed by atoms with Gasteiger partial charge in [0.2, 0.25) is 0 Å². The summed E-state index contributed by atoms with van der Waals surface area (Å²) >= 11 is 0. The smallest absolute Gasteiger partial charge is 0.435 e. The summed E-state index contributed by atoms with van der Waals surface area (Å²) in [4.78, 5) is 27.6. The number of aromatic nitrogens is 2. The van der Waals surface area contributed by atoms with Crippen LogP contribution >= 0.6 is 0 Å². The molecule has 2 amide bonds. The minimum atomic E-state index is -4.83. The van der Waals surface area contributed by atoms with Gasteiger partial charge >= 0.3 is 12.3 Å². The van der Waals surface area contributed by atoms with E-state index in [-0.39, 0.29) is 17.9 Å². The van der Waals surface area contributed by atoms with Crippen LogP contribution in [0, 0.1) is 11.7 Å². The quantitative estimate of drug-likeness (QED) is 0.315. The highest BCUT2D eigenvalue weighted by molar-refractivity contribution is 6.03. The molecule has 1 aliphatic rings. The number of benzene rings is 2. The summed E-state index contributed by atoms with van der Waals surface area (Å²) in [6.45, 7) is 11.6. The molecule has 1 aliphatic heterocycles. The number of carbonyl (C=O) groups excluding carboxylic acids is 2. The Morgan fingerprint density at radius 3 is 2.48 bits per heavy atom. The van der Waals surface area contributed by atoms with Gasteiger partial charge in [0, 0.05) is 32.2 Å². The van der Waals surface area contributed by atoms with Gasteiger partial charge in [-0.25, -0.2) is 13.9 Å². The van der Waals surface area contributed by atoms with Gasteiger partial charge in [0.25, 0.3) is 5.91 Å². The lowest BCUT2D eigenvalue weighted by Crippen LogP contribution is -2.33. The van der Waals surface area contributed by atoms with Crippen molar-refractivity contribution >= 4 is 17.7 Å². The number of carbonyl (C=O) groups is 2. The fourth-order valence-corrected chi connectivity index (χ4v) is 4.76. The van der Waals surface area contributed by atoms with Gasteiger partial charge < -0.3 is 15.4 Å². The fraction of sp³-hybridized carbons (Fsp3) is 0.433. The average Bonchev–Trinajstić information content (AvgIpc) is 3.34. The van der Waals surface area contributed by atoms with E-state index >= 15 is 4.39 Å². The molecule has 3 aromatic rings. The van der Waals surface area contributed by atoms with E-state index in [4.69, 9.17) is 4.74 Å². The number of alkyl carbamates (subject to hydrolysis) is 1. The maximum atomic E-state index is 15.0. The van der Waals surface area contributed by atoms with Crippen molar-refractivity contribution in [2.75, 3.05) is 18.4 Å². The van der Waals surface area contributed by atoms with Gasteiger partial charge in [0.05, 0.1) is 11.4 Å². The van der Waals surface area contributed by atoms with E-state index in [2.05, 4.69) is 34.5 Å². The average molecular weight is 590 g/mol. The summed E-state index contributed by atoms with van der Waals surface area (Å²) in [5.74, 6) is -1.18. The number of hydrogen-bond acceptors (Lipinski definition) is 5. The van der Waals surface area contributed by atoms with Crippen LogP contribution in [0.2, 0.25) is 0 Å². The van der Waals surface area contributed by atoms with Crippen molar-refractivity contribution in [3.8, 4) is 5.69 Å². The fourth-order valence-electron chi connectivity index (χ4n) is 4.76. The number of nitrogens with zero attached hydrogens (tertiary/aromatic N) is 3. The topological polar surface area (TPSA) is 88.5 Å². The molecule has 0 fully saturated rings. The lowest BCUT2D eigenvalue weighted by Gasteiger charge is -2.30. The molecule has 1 aromatic heterocycles. The van der Waals surface area contributed by atoms with Crippen molar-refractivity contribution in [3.63, 3.8) is 0 Å². The maximum absolute atomic E-state index is 15.0. The molecule has 226 valence electrons. The molecule has 0 saturated heterocycles. The summed E-state index contributed by atoms with van der Waals surface area (Å²) in [6.07, 6.45) is -4.83. The van der Waals surface area contributed by atoms with Gasteiger partial charge in [0.15, 0.2) is 5.69 Å².